The standard InChI is InChI=1S/C12H21N3O3S/c1-19-12(11(13)14-17)3-5-15(6-4-12)10(16)9-2-7-18-8-9/h9,17H,2-8H2,1H3,(H2,13,14). The minimum absolute atomic E-state index is 0.0191. The minimum Gasteiger partial charge on any atom is -0.409 e. The summed E-state index contributed by atoms with van der Waals surface area (Å²) in [5.74, 6) is 0.466. The normalized spacial score (nSPS) is 27.5. The summed E-state index contributed by atoms with van der Waals surface area (Å²) in [6.07, 6.45) is 4.23. The number of nitrogens with two attached hydrogens (primary N) is 1. The maximum atomic E-state index is 12.3. The highest BCUT2D eigenvalue weighted by Crippen LogP contribution is 2.35. The first-order valence-electron chi connectivity index (χ1n) is 6.52. The van der Waals surface area contributed by atoms with Gasteiger partial charge in [-0.15, -0.1) is 0 Å². The molecule has 1 atom stereocenters. The van der Waals surface area contributed by atoms with Gasteiger partial charge in [-0.1, -0.05) is 5.16 Å². The zero-order valence-electron chi connectivity index (χ0n) is 11.2. The molecule has 0 bridgehead atoms. The van der Waals surface area contributed by atoms with Gasteiger partial charge in [-0.05, 0) is 25.5 Å². The molecule has 0 saturated carbocycles. The summed E-state index contributed by atoms with van der Waals surface area (Å²) in [5.41, 5.74) is 5.79. The predicted molar refractivity (Wildman–Crippen MR) is 74.4 cm³/mol. The van der Waals surface area contributed by atoms with Crippen LogP contribution in [-0.4, -0.2) is 59.2 Å². The maximum absolute atomic E-state index is 12.3. The third-order valence-corrected chi connectivity index (χ3v) is 5.53. The molecule has 7 heteroatoms. The second kappa shape index (κ2) is 6.00. The Labute approximate surface area is 117 Å². The monoisotopic (exact) mass is 287 g/mol. The lowest BCUT2D eigenvalue weighted by Gasteiger charge is -2.40. The lowest BCUT2D eigenvalue weighted by atomic mass is 9.93. The Morgan fingerprint density at radius 2 is 2.21 bits per heavy atom. The highest BCUT2D eigenvalue weighted by Gasteiger charge is 2.40. The van der Waals surface area contributed by atoms with Crippen LogP contribution in [0.1, 0.15) is 19.3 Å². The van der Waals surface area contributed by atoms with E-state index in [9.17, 15) is 4.79 Å². The Hall–Kier alpha value is -0.950. The van der Waals surface area contributed by atoms with E-state index in [2.05, 4.69) is 5.16 Å². The number of ether oxygens (including phenoxy) is 1. The van der Waals surface area contributed by atoms with Crippen LogP contribution < -0.4 is 5.73 Å². The number of amidine groups is 1. The fourth-order valence-electron chi connectivity index (χ4n) is 2.73. The molecule has 19 heavy (non-hydrogen) atoms. The molecule has 2 aliphatic heterocycles. The number of carbonyl (C=O) groups is 1. The Kier molecular flexibility index (Phi) is 4.57. The van der Waals surface area contributed by atoms with Crippen LogP contribution in [0.4, 0.5) is 0 Å². The van der Waals surface area contributed by atoms with Crippen molar-refractivity contribution in [2.45, 2.75) is 24.0 Å². The van der Waals surface area contributed by atoms with Crippen LogP contribution in [0.5, 0.6) is 0 Å². The van der Waals surface area contributed by atoms with Gasteiger partial charge in [-0.3, -0.25) is 4.79 Å². The molecule has 1 amide bonds. The quantitative estimate of drug-likeness (QED) is 0.341. The summed E-state index contributed by atoms with van der Waals surface area (Å²) in [7, 11) is 0. The van der Waals surface area contributed by atoms with E-state index in [-0.39, 0.29) is 22.4 Å². The molecule has 0 radical (unpaired) electrons. The zero-order valence-corrected chi connectivity index (χ0v) is 12.0. The third kappa shape index (κ3) is 2.81. The molecule has 108 valence electrons. The lowest BCUT2D eigenvalue weighted by molar-refractivity contribution is -0.136. The van der Waals surface area contributed by atoms with Gasteiger partial charge in [0.2, 0.25) is 5.91 Å². The first kappa shape index (κ1) is 14.5. The van der Waals surface area contributed by atoms with Gasteiger partial charge in [-0.25, -0.2) is 0 Å². The fourth-order valence-corrected chi connectivity index (χ4v) is 3.57. The number of nitrogens with zero attached hydrogens (tertiary/aromatic N) is 2. The summed E-state index contributed by atoms with van der Waals surface area (Å²) in [4.78, 5) is 14.2. The minimum atomic E-state index is -0.336. The first-order chi connectivity index (χ1) is 9.13. The van der Waals surface area contributed by atoms with Gasteiger partial charge in [0.05, 0.1) is 17.3 Å². The molecule has 2 heterocycles. The Balaban J connectivity index is 1.96. The smallest absolute Gasteiger partial charge is 0.228 e. The van der Waals surface area contributed by atoms with Crippen LogP contribution in [-0.2, 0) is 9.53 Å². The van der Waals surface area contributed by atoms with Crippen molar-refractivity contribution in [3.8, 4) is 0 Å². The van der Waals surface area contributed by atoms with Crippen molar-refractivity contribution in [3.05, 3.63) is 0 Å². The largest absolute Gasteiger partial charge is 0.409 e. The van der Waals surface area contributed by atoms with Crippen LogP contribution in [0.25, 0.3) is 0 Å². The number of carbonyl (C=O) groups excluding carboxylic acids is 1. The fraction of sp³-hybridized carbons (Fsp3) is 0.833. The van der Waals surface area contributed by atoms with Crippen molar-refractivity contribution in [3.63, 3.8) is 0 Å². The average Bonchev–Trinajstić information content (AvgIpc) is 3.00. The number of amides is 1. The number of likely N-dealkylation sites (tertiary alicyclic amines) is 1. The number of oxime groups is 1. The predicted octanol–water partition coefficient (Wildman–Crippen LogP) is 0.494. The molecule has 6 nitrogen and oxygen atoms in total. The van der Waals surface area contributed by atoms with E-state index in [1.807, 2.05) is 11.2 Å². The van der Waals surface area contributed by atoms with E-state index in [0.29, 0.717) is 26.3 Å². The molecular formula is C12H21N3O3S. The molecule has 2 saturated heterocycles. The Morgan fingerprint density at radius 1 is 1.53 bits per heavy atom. The van der Waals surface area contributed by atoms with E-state index in [0.717, 1.165) is 19.3 Å². The van der Waals surface area contributed by atoms with Gasteiger partial charge in [0, 0.05) is 19.7 Å². The van der Waals surface area contributed by atoms with Crippen LogP contribution in [0, 0.1) is 5.92 Å². The van der Waals surface area contributed by atoms with Crippen LogP contribution in [0.2, 0.25) is 0 Å². The van der Waals surface area contributed by atoms with Gasteiger partial charge >= 0.3 is 0 Å². The van der Waals surface area contributed by atoms with Crippen LogP contribution in [0.15, 0.2) is 5.16 Å². The number of piperidine rings is 1. The molecule has 0 spiro atoms. The van der Waals surface area contributed by atoms with E-state index in [1.165, 1.54) is 0 Å². The average molecular weight is 287 g/mol. The van der Waals surface area contributed by atoms with Crippen molar-refractivity contribution in [1.29, 1.82) is 0 Å². The maximum Gasteiger partial charge on any atom is 0.228 e. The number of rotatable bonds is 3. The summed E-state index contributed by atoms with van der Waals surface area (Å²) in [5, 5.41) is 12.0. The molecular weight excluding hydrogens is 266 g/mol. The van der Waals surface area contributed by atoms with E-state index in [1.54, 1.807) is 11.8 Å². The molecule has 0 aliphatic carbocycles. The van der Waals surface area contributed by atoms with Gasteiger partial charge < -0.3 is 20.6 Å². The first-order valence-corrected chi connectivity index (χ1v) is 7.75. The number of hydrogen-bond acceptors (Lipinski definition) is 5. The molecule has 3 N–H and O–H groups in total. The molecule has 0 aromatic rings. The summed E-state index contributed by atoms with van der Waals surface area (Å²) >= 11 is 1.59. The van der Waals surface area contributed by atoms with Crippen molar-refractivity contribution in [2.24, 2.45) is 16.8 Å². The number of hydrogen-bond donors (Lipinski definition) is 2. The van der Waals surface area contributed by atoms with Crippen LogP contribution >= 0.6 is 11.8 Å². The molecule has 2 fully saturated rings. The van der Waals surface area contributed by atoms with E-state index >= 15 is 0 Å². The second-order valence-electron chi connectivity index (χ2n) is 5.07. The lowest BCUT2D eigenvalue weighted by Crippen LogP contribution is -2.52. The van der Waals surface area contributed by atoms with Gasteiger partial charge in [0.25, 0.3) is 0 Å². The van der Waals surface area contributed by atoms with Crippen molar-refractivity contribution < 1.29 is 14.7 Å². The highest BCUT2D eigenvalue weighted by atomic mass is 32.2. The summed E-state index contributed by atoms with van der Waals surface area (Å²) in [6.45, 7) is 2.55. The number of thioether (sulfide) groups is 1. The summed E-state index contributed by atoms with van der Waals surface area (Å²) < 4.78 is 4.93. The third-order valence-electron chi connectivity index (χ3n) is 4.13. The van der Waals surface area contributed by atoms with Gasteiger partial charge in [0.1, 0.15) is 0 Å². The Bertz CT molecular complexity index is 361. The van der Waals surface area contributed by atoms with Crippen molar-refractivity contribution >= 4 is 23.5 Å². The van der Waals surface area contributed by atoms with Crippen molar-refractivity contribution in [2.75, 3.05) is 32.6 Å². The van der Waals surface area contributed by atoms with Crippen LogP contribution in [0.3, 0.4) is 0 Å². The van der Waals surface area contributed by atoms with E-state index in [4.69, 9.17) is 15.7 Å². The highest BCUT2D eigenvalue weighted by molar-refractivity contribution is 8.00. The molecule has 0 aromatic carbocycles. The second-order valence-corrected chi connectivity index (χ2v) is 6.26. The van der Waals surface area contributed by atoms with E-state index < -0.39 is 0 Å². The van der Waals surface area contributed by atoms with Gasteiger partial charge in [0.15, 0.2) is 5.84 Å². The molecule has 2 rings (SSSR count). The zero-order chi connectivity index (χ0) is 13.9. The summed E-state index contributed by atoms with van der Waals surface area (Å²) in [6, 6.07) is 0. The topological polar surface area (TPSA) is 88.2 Å². The molecule has 0 aromatic heterocycles. The van der Waals surface area contributed by atoms with Crippen molar-refractivity contribution in [1.82, 2.24) is 4.90 Å². The SMILES string of the molecule is CSC1(C(N)=NO)CCN(C(=O)C2CCOC2)CC1. The van der Waals surface area contributed by atoms with Gasteiger partial charge in [-0.2, -0.15) is 11.8 Å². The molecule has 1 unspecified atom stereocenters. The molecule has 2 aliphatic rings. The Morgan fingerprint density at radius 3 is 2.68 bits per heavy atom.